The van der Waals surface area contributed by atoms with Crippen molar-refractivity contribution in [1.82, 2.24) is 5.32 Å². The molecule has 21 heavy (non-hydrogen) atoms. The van der Waals surface area contributed by atoms with Gasteiger partial charge < -0.3 is 9.73 Å². The molecule has 1 N–H and O–H groups in total. The quantitative estimate of drug-likeness (QED) is 0.730. The smallest absolute Gasteiger partial charge is 0.174 e. The third-order valence-corrected chi connectivity index (χ3v) is 4.16. The summed E-state index contributed by atoms with van der Waals surface area (Å²) in [5.74, 6) is 0.688. The highest BCUT2D eigenvalue weighted by Crippen LogP contribution is 2.30. The third kappa shape index (κ3) is 4.45. The average molecular weight is 350 g/mol. The molecule has 114 valence electrons. The molecule has 0 aliphatic heterocycles. The van der Waals surface area contributed by atoms with Crippen LogP contribution in [0.25, 0.3) is 0 Å². The summed E-state index contributed by atoms with van der Waals surface area (Å²) in [6.45, 7) is 7.67. The molecule has 0 bridgehead atoms. The van der Waals surface area contributed by atoms with Gasteiger partial charge in [0, 0.05) is 5.56 Å². The van der Waals surface area contributed by atoms with Crippen molar-refractivity contribution < 1.29 is 4.42 Å². The van der Waals surface area contributed by atoms with E-state index in [0.717, 1.165) is 29.6 Å². The molecule has 0 amide bonds. The van der Waals surface area contributed by atoms with Crippen LogP contribution in [0.3, 0.4) is 0 Å². The molecule has 0 radical (unpaired) electrons. The second kappa shape index (κ2) is 7.81. The van der Waals surface area contributed by atoms with Gasteiger partial charge in [-0.05, 0) is 58.4 Å². The van der Waals surface area contributed by atoms with E-state index >= 15 is 0 Å². The summed E-state index contributed by atoms with van der Waals surface area (Å²) >= 11 is 3.50. The maximum atomic E-state index is 5.40. The van der Waals surface area contributed by atoms with Crippen molar-refractivity contribution in [3.8, 4) is 0 Å². The number of hydrogen-bond acceptors (Lipinski definition) is 2. The average Bonchev–Trinajstić information content (AvgIpc) is 2.87. The van der Waals surface area contributed by atoms with Gasteiger partial charge in [-0.3, -0.25) is 0 Å². The predicted molar refractivity (Wildman–Crippen MR) is 91.5 cm³/mol. The lowest BCUT2D eigenvalue weighted by atomic mass is 9.97. The topological polar surface area (TPSA) is 25.2 Å². The zero-order chi connectivity index (χ0) is 15.2. The van der Waals surface area contributed by atoms with Gasteiger partial charge in [0.05, 0.1) is 12.3 Å². The van der Waals surface area contributed by atoms with Crippen molar-refractivity contribution in [2.75, 3.05) is 6.54 Å². The number of furan rings is 1. The van der Waals surface area contributed by atoms with Gasteiger partial charge in [-0.2, -0.15) is 0 Å². The Morgan fingerprint density at radius 1 is 1.14 bits per heavy atom. The second-order valence-electron chi connectivity index (χ2n) is 5.88. The number of hydrogen-bond donors (Lipinski definition) is 1. The molecule has 0 spiro atoms. The van der Waals surface area contributed by atoms with Crippen molar-refractivity contribution in [2.45, 2.75) is 39.7 Å². The maximum Gasteiger partial charge on any atom is 0.174 e. The first kappa shape index (κ1) is 16.3. The minimum Gasteiger partial charge on any atom is -0.457 e. The summed E-state index contributed by atoms with van der Waals surface area (Å²) in [5.41, 5.74) is 3.83. The van der Waals surface area contributed by atoms with E-state index in [1.807, 2.05) is 6.07 Å². The first-order valence-electron chi connectivity index (χ1n) is 7.67. The first-order valence-corrected chi connectivity index (χ1v) is 8.46. The van der Waals surface area contributed by atoms with Gasteiger partial charge in [0.2, 0.25) is 0 Å². The predicted octanol–water partition coefficient (Wildman–Crippen LogP) is 5.33. The molecular formula is C18H24BrNO. The highest BCUT2D eigenvalue weighted by Gasteiger charge is 2.18. The zero-order valence-electron chi connectivity index (χ0n) is 13.0. The van der Waals surface area contributed by atoms with E-state index in [1.165, 1.54) is 11.1 Å². The highest BCUT2D eigenvalue weighted by atomic mass is 79.9. The monoisotopic (exact) mass is 349 g/mol. The van der Waals surface area contributed by atoms with Crippen molar-refractivity contribution in [2.24, 2.45) is 5.92 Å². The van der Waals surface area contributed by atoms with Crippen molar-refractivity contribution >= 4 is 15.9 Å². The van der Waals surface area contributed by atoms with E-state index in [9.17, 15) is 0 Å². The molecule has 0 aliphatic rings. The van der Waals surface area contributed by atoms with Crippen LogP contribution in [-0.2, 0) is 6.42 Å². The first-order chi connectivity index (χ1) is 10.1. The van der Waals surface area contributed by atoms with Gasteiger partial charge in [0.25, 0.3) is 0 Å². The Labute approximate surface area is 136 Å². The van der Waals surface area contributed by atoms with Crippen molar-refractivity contribution in [3.05, 3.63) is 58.0 Å². The molecule has 0 fully saturated rings. The third-order valence-electron chi connectivity index (χ3n) is 3.51. The molecule has 2 aromatic rings. The fourth-order valence-corrected chi connectivity index (χ4v) is 2.99. The van der Waals surface area contributed by atoms with Crippen LogP contribution in [-0.4, -0.2) is 6.54 Å². The minimum absolute atomic E-state index is 0.172. The Bertz CT molecular complexity index is 545. The highest BCUT2D eigenvalue weighted by molar-refractivity contribution is 9.10. The van der Waals surface area contributed by atoms with E-state index in [2.05, 4.69) is 66.3 Å². The standard InChI is InChI=1S/C18H24BrNO/c1-4-10-20-17(16-9-11-21-18(16)19)15-7-5-14(6-8-15)12-13(2)3/h5-9,11,13,17,20H,4,10,12H2,1-3H3. The summed E-state index contributed by atoms with van der Waals surface area (Å²) in [5, 5.41) is 3.60. The van der Waals surface area contributed by atoms with Crippen LogP contribution >= 0.6 is 15.9 Å². The van der Waals surface area contributed by atoms with Gasteiger partial charge >= 0.3 is 0 Å². The molecule has 1 aromatic carbocycles. The van der Waals surface area contributed by atoms with Crippen LogP contribution in [0.2, 0.25) is 0 Å². The molecule has 1 atom stereocenters. The molecule has 3 heteroatoms. The largest absolute Gasteiger partial charge is 0.457 e. The Kier molecular flexibility index (Phi) is 6.07. The molecule has 0 aliphatic carbocycles. The lowest BCUT2D eigenvalue weighted by molar-refractivity contribution is 0.523. The molecule has 2 nitrogen and oxygen atoms in total. The fourth-order valence-electron chi connectivity index (χ4n) is 2.52. The normalized spacial score (nSPS) is 12.8. The van der Waals surface area contributed by atoms with Crippen LogP contribution < -0.4 is 5.32 Å². The lowest BCUT2D eigenvalue weighted by Gasteiger charge is -2.19. The zero-order valence-corrected chi connectivity index (χ0v) is 14.6. The van der Waals surface area contributed by atoms with Gasteiger partial charge in [-0.15, -0.1) is 0 Å². The van der Waals surface area contributed by atoms with E-state index in [4.69, 9.17) is 4.42 Å². The summed E-state index contributed by atoms with van der Waals surface area (Å²) in [6, 6.07) is 11.1. The summed E-state index contributed by atoms with van der Waals surface area (Å²) in [4.78, 5) is 0. The molecular weight excluding hydrogens is 326 g/mol. The van der Waals surface area contributed by atoms with E-state index in [1.54, 1.807) is 6.26 Å². The van der Waals surface area contributed by atoms with E-state index < -0.39 is 0 Å². The van der Waals surface area contributed by atoms with Gasteiger partial charge in [-0.1, -0.05) is 45.0 Å². The lowest BCUT2D eigenvalue weighted by Crippen LogP contribution is -2.23. The van der Waals surface area contributed by atoms with Crippen LogP contribution in [0, 0.1) is 5.92 Å². The SMILES string of the molecule is CCCNC(c1ccc(CC(C)C)cc1)c1ccoc1Br. The van der Waals surface area contributed by atoms with Gasteiger partial charge in [0.1, 0.15) is 0 Å². The van der Waals surface area contributed by atoms with Crippen molar-refractivity contribution in [1.29, 1.82) is 0 Å². The van der Waals surface area contributed by atoms with E-state index in [-0.39, 0.29) is 6.04 Å². The molecule has 1 aromatic heterocycles. The molecule has 0 saturated heterocycles. The summed E-state index contributed by atoms with van der Waals surface area (Å²) < 4.78 is 6.21. The Balaban J connectivity index is 2.22. The number of nitrogens with one attached hydrogen (secondary N) is 1. The molecule has 2 rings (SSSR count). The maximum absolute atomic E-state index is 5.40. The van der Waals surface area contributed by atoms with Crippen LogP contribution in [0.1, 0.15) is 49.9 Å². The van der Waals surface area contributed by atoms with Crippen LogP contribution in [0.5, 0.6) is 0 Å². The Hall–Kier alpha value is -1.06. The van der Waals surface area contributed by atoms with Gasteiger partial charge in [-0.25, -0.2) is 0 Å². The fraction of sp³-hybridized carbons (Fsp3) is 0.444. The van der Waals surface area contributed by atoms with Crippen LogP contribution in [0.4, 0.5) is 0 Å². The van der Waals surface area contributed by atoms with Crippen molar-refractivity contribution in [3.63, 3.8) is 0 Å². The van der Waals surface area contributed by atoms with E-state index in [0.29, 0.717) is 5.92 Å². The number of rotatable bonds is 7. The Morgan fingerprint density at radius 3 is 2.38 bits per heavy atom. The molecule has 1 unspecified atom stereocenters. The number of benzene rings is 1. The van der Waals surface area contributed by atoms with Gasteiger partial charge in [0.15, 0.2) is 4.67 Å². The summed E-state index contributed by atoms with van der Waals surface area (Å²) in [6.07, 6.45) is 3.97. The number of halogens is 1. The minimum atomic E-state index is 0.172. The molecule has 0 saturated carbocycles. The second-order valence-corrected chi connectivity index (χ2v) is 6.60. The molecule has 1 heterocycles. The van der Waals surface area contributed by atoms with Crippen LogP contribution in [0.15, 0.2) is 45.7 Å². The summed E-state index contributed by atoms with van der Waals surface area (Å²) in [7, 11) is 0. The Morgan fingerprint density at radius 2 is 1.86 bits per heavy atom.